The molecule has 1 aliphatic rings. The third-order valence-corrected chi connectivity index (χ3v) is 6.72. The number of carbonyl (C=O) groups is 2. The first-order chi connectivity index (χ1) is 16.5. The van der Waals surface area contributed by atoms with Gasteiger partial charge in [-0.15, -0.1) is 11.3 Å². The molecule has 2 N–H and O–H groups in total. The molecule has 0 aliphatic heterocycles. The summed E-state index contributed by atoms with van der Waals surface area (Å²) in [6, 6.07) is 5.87. The van der Waals surface area contributed by atoms with Gasteiger partial charge in [-0.1, -0.05) is 11.2 Å². The number of nitrogens with one attached hydrogen (secondary N) is 2. The Morgan fingerprint density at radius 3 is 3.03 bits per heavy atom. The summed E-state index contributed by atoms with van der Waals surface area (Å²) >= 11 is 1.41. The number of aryl methyl sites for hydroxylation is 1. The molecule has 0 fully saturated rings. The van der Waals surface area contributed by atoms with E-state index in [4.69, 9.17) is 9.26 Å². The number of rotatable bonds is 7. The van der Waals surface area contributed by atoms with Gasteiger partial charge in [0.2, 0.25) is 5.91 Å². The van der Waals surface area contributed by atoms with Crippen LogP contribution in [0.15, 0.2) is 41.3 Å². The van der Waals surface area contributed by atoms with Crippen molar-refractivity contribution >= 4 is 34.4 Å². The maximum absolute atomic E-state index is 12.4. The number of hydrogen-bond donors (Lipinski definition) is 2. The molecule has 1 unspecified atom stereocenters. The van der Waals surface area contributed by atoms with E-state index >= 15 is 0 Å². The van der Waals surface area contributed by atoms with E-state index in [1.165, 1.54) is 17.4 Å². The van der Waals surface area contributed by atoms with Gasteiger partial charge in [0.1, 0.15) is 16.8 Å². The van der Waals surface area contributed by atoms with Crippen molar-refractivity contribution in [3.8, 4) is 6.07 Å². The molecule has 0 saturated heterocycles. The number of pyridine rings is 1. The molecule has 3 aromatic heterocycles. The van der Waals surface area contributed by atoms with E-state index < -0.39 is 6.09 Å². The SMILES string of the molecule is Cc1oncc1CNC(=O)OCC1CCc2c(sc(NC(=O)/C=C/c3cccnc3)c2C#N)C1. The predicted molar refractivity (Wildman–Crippen MR) is 126 cm³/mol. The summed E-state index contributed by atoms with van der Waals surface area (Å²) in [5.74, 6) is 0.495. The first-order valence-electron chi connectivity index (χ1n) is 10.8. The summed E-state index contributed by atoms with van der Waals surface area (Å²) in [6.45, 7) is 2.35. The lowest BCUT2D eigenvalue weighted by Crippen LogP contribution is -2.27. The Morgan fingerprint density at radius 1 is 1.41 bits per heavy atom. The van der Waals surface area contributed by atoms with Crippen LogP contribution in [0.3, 0.4) is 0 Å². The Morgan fingerprint density at radius 2 is 2.29 bits per heavy atom. The van der Waals surface area contributed by atoms with Crippen LogP contribution in [0.2, 0.25) is 0 Å². The summed E-state index contributed by atoms with van der Waals surface area (Å²) in [4.78, 5) is 29.5. The van der Waals surface area contributed by atoms with Gasteiger partial charge in [-0.2, -0.15) is 5.26 Å². The largest absolute Gasteiger partial charge is 0.449 e. The van der Waals surface area contributed by atoms with E-state index in [0.29, 0.717) is 29.2 Å². The van der Waals surface area contributed by atoms with Crippen molar-refractivity contribution in [2.45, 2.75) is 32.7 Å². The first kappa shape index (κ1) is 23.2. The number of carbonyl (C=O) groups excluding carboxylic acids is 2. The van der Waals surface area contributed by atoms with Gasteiger partial charge in [0.25, 0.3) is 0 Å². The number of thiophene rings is 1. The van der Waals surface area contributed by atoms with Gasteiger partial charge in [-0.05, 0) is 55.4 Å². The van der Waals surface area contributed by atoms with Crippen LogP contribution in [-0.4, -0.2) is 28.7 Å². The van der Waals surface area contributed by atoms with E-state index in [9.17, 15) is 14.9 Å². The number of hydrogen-bond acceptors (Lipinski definition) is 8. The average Bonchev–Trinajstić information content (AvgIpc) is 3.42. The van der Waals surface area contributed by atoms with E-state index in [1.54, 1.807) is 37.7 Å². The fourth-order valence-corrected chi connectivity index (χ4v) is 5.02. The zero-order chi connectivity index (χ0) is 23.9. The highest BCUT2D eigenvalue weighted by Crippen LogP contribution is 2.39. The van der Waals surface area contributed by atoms with E-state index in [0.717, 1.165) is 28.0 Å². The molecule has 0 radical (unpaired) electrons. The lowest BCUT2D eigenvalue weighted by atomic mass is 9.88. The fraction of sp³-hybridized carbons (Fsp3) is 0.292. The van der Waals surface area contributed by atoms with Crippen molar-refractivity contribution in [1.29, 1.82) is 5.26 Å². The topological polar surface area (TPSA) is 130 Å². The Balaban J connectivity index is 1.31. The summed E-state index contributed by atoms with van der Waals surface area (Å²) in [5.41, 5.74) is 3.10. The highest BCUT2D eigenvalue weighted by atomic mass is 32.1. The molecule has 0 spiro atoms. The predicted octanol–water partition coefficient (Wildman–Crippen LogP) is 3.99. The minimum atomic E-state index is -0.497. The zero-order valence-electron chi connectivity index (χ0n) is 18.5. The summed E-state index contributed by atoms with van der Waals surface area (Å²) in [5, 5.41) is 19.4. The molecule has 34 heavy (non-hydrogen) atoms. The molecule has 4 rings (SSSR count). The number of aromatic nitrogens is 2. The molecule has 9 nitrogen and oxygen atoms in total. The van der Waals surface area contributed by atoms with Crippen molar-refractivity contribution in [3.63, 3.8) is 0 Å². The van der Waals surface area contributed by atoms with Crippen LogP contribution < -0.4 is 10.6 Å². The zero-order valence-corrected chi connectivity index (χ0v) is 19.4. The standard InChI is InChI=1S/C24H23N5O4S/c1-15-18(13-28-33-15)12-27-24(31)32-14-17-4-6-19-20(10-25)23(34-21(19)9-17)29-22(30)7-5-16-3-2-8-26-11-16/h2-3,5,7-8,11,13,17H,4,6,9,12,14H2,1H3,(H,27,31)(H,29,30)/b7-5+. The quantitative estimate of drug-likeness (QED) is 0.492. The van der Waals surface area contributed by atoms with Crippen LogP contribution in [-0.2, 0) is 28.9 Å². The van der Waals surface area contributed by atoms with Gasteiger partial charge in [0.15, 0.2) is 0 Å². The number of amides is 2. The highest BCUT2D eigenvalue weighted by molar-refractivity contribution is 7.16. The highest BCUT2D eigenvalue weighted by Gasteiger charge is 2.27. The van der Waals surface area contributed by atoms with Crippen molar-refractivity contribution < 1.29 is 18.8 Å². The van der Waals surface area contributed by atoms with Crippen molar-refractivity contribution in [2.24, 2.45) is 5.92 Å². The number of nitrogens with zero attached hydrogens (tertiary/aromatic N) is 3. The van der Waals surface area contributed by atoms with Gasteiger partial charge in [0, 0.05) is 28.9 Å². The lowest BCUT2D eigenvalue weighted by molar-refractivity contribution is -0.111. The number of fused-ring (bicyclic) bond motifs is 1. The number of alkyl carbamates (subject to hydrolysis) is 1. The molecule has 3 heterocycles. The lowest BCUT2D eigenvalue weighted by Gasteiger charge is -2.21. The molecule has 0 bridgehead atoms. The molecule has 1 aliphatic carbocycles. The van der Waals surface area contributed by atoms with Gasteiger partial charge >= 0.3 is 6.09 Å². The van der Waals surface area contributed by atoms with Crippen LogP contribution in [0.25, 0.3) is 6.08 Å². The van der Waals surface area contributed by atoms with Gasteiger partial charge < -0.3 is 19.9 Å². The Labute approximate surface area is 200 Å². The molecule has 10 heteroatoms. The van der Waals surface area contributed by atoms with Crippen LogP contribution in [0.5, 0.6) is 0 Å². The summed E-state index contributed by atoms with van der Waals surface area (Å²) in [6.07, 6.45) is 9.67. The average molecular weight is 478 g/mol. The molecule has 1 atom stereocenters. The van der Waals surface area contributed by atoms with Gasteiger partial charge in [0.05, 0.1) is 24.9 Å². The van der Waals surface area contributed by atoms with Gasteiger partial charge in [-0.25, -0.2) is 4.79 Å². The number of nitriles is 1. The fourth-order valence-electron chi connectivity index (χ4n) is 3.70. The maximum Gasteiger partial charge on any atom is 0.407 e. The minimum Gasteiger partial charge on any atom is -0.449 e. The Kier molecular flexibility index (Phi) is 7.34. The van der Waals surface area contributed by atoms with Crippen LogP contribution >= 0.6 is 11.3 Å². The van der Waals surface area contributed by atoms with Crippen molar-refractivity contribution in [3.05, 3.63) is 69.7 Å². The van der Waals surface area contributed by atoms with E-state index in [2.05, 4.69) is 26.8 Å². The third kappa shape index (κ3) is 5.68. The normalized spacial score (nSPS) is 14.9. The van der Waals surface area contributed by atoms with Crippen molar-refractivity contribution in [1.82, 2.24) is 15.5 Å². The number of ether oxygens (including phenoxy) is 1. The first-order valence-corrected chi connectivity index (χ1v) is 11.6. The smallest absolute Gasteiger partial charge is 0.407 e. The van der Waals surface area contributed by atoms with Gasteiger partial charge in [-0.3, -0.25) is 9.78 Å². The monoisotopic (exact) mass is 477 g/mol. The van der Waals surface area contributed by atoms with Crippen LogP contribution in [0.1, 0.15) is 39.3 Å². The molecular weight excluding hydrogens is 454 g/mol. The van der Waals surface area contributed by atoms with E-state index in [1.807, 2.05) is 6.07 Å². The molecule has 174 valence electrons. The molecular formula is C24H23N5O4S. The van der Waals surface area contributed by atoms with Crippen molar-refractivity contribution in [2.75, 3.05) is 11.9 Å². The van der Waals surface area contributed by atoms with E-state index in [-0.39, 0.29) is 25.0 Å². The molecule has 0 saturated carbocycles. The third-order valence-electron chi connectivity index (χ3n) is 5.55. The number of anilines is 1. The second kappa shape index (κ2) is 10.8. The summed E-state index contributed by atoms with van der Waals surface area (Å²) < 4.78 is 10.4. The Bertz CT molecular complexity index is 1240. The van der Waals surface area contributed by atoms with Crippen LogP contribution in [0, 0.1) is 24.2 Å². The minimum absolute atomic E-state index is 0.148. The van der Waals surface area contributed by atoms with Crippen LogP contribution in [0.4, 0.5) is 9.80 Å². The molecule has 0 aromatic carbocycles. The Hall–Kier alpha value is -3.97. The second-order valence-electron chi connectivity index (χ2n) is 7.90. The summed E-state index contributed by atoms with van der Waals surface area (Å²) in [7, 11) is 0. The maximum atomic E-state index is 12.4. The second-order valence-corrected chi connectivity index (χ2v) is 9.00. The molecule has 3 aromatic rings. The molecule has 2 amide bonds.